The summed E-state index contributed by atoms with van der Waals surface area (Å²) in [6.07, 6.45) is 5.76. The van der Waals surface area contributed by atoms with Crippen molar-refractivity contribution in [2.45, 2.75) is 24.9 Å². The van der Waals surface area contributed by atoms with Gasteiger partial charge in [0.25, 0.3) is 0 Å². The number of thioether (sulfide) groups is 1. The Hall–Kier alpha value is -1.43. The smallest absolute Gasteiger partial charge is 0.191 e. The molecule has 0 aliphatic heterocycles. The molecule has 2 aromatic rings. The molecule has 0 aliphatic rings. The normalized spacial score (nSPS) is 10.7. The molecule has 0 aromatic carbocycles. The number of nitrogens with zero attached hydrogens (tertiary/aromatic N) is 5. The van der Waals surface area contributed by atoms with Crippen molar-refractivity contribution >= 4 is 11.8 Å². The van der Waals surface area contributed by atoms with Crippen LogP contribution in [0.2, 0.25) is 0 Å². The molecule has 6 heteroatoms. The highest BCUT2D eigenvalue weighted by Crippen LogP contribution is 2.22. The third-order valence-corrected chi connectivity index (χ3v) is 3.51. The minimum absolute atomic E-state index is 0.832. The van der Waals surface area contributed by atoms with Crippen LogP contribution in [0.25, 0.3) is 11.4 Å². The van der Waals surface area contributed by atoms with Gasteiger partial charge in [0.15, 0.2) is 11.0 Å². The fourth-order valence-electron chi connectivity index (χ4n) is 1.42. The van der Waals surface area contributed by atoms with Crippen LogP contribution in [-0.4, -0.2) is 30.7 Å². The molecule has 2 rings (SSSR count). The summed E-state index contributed by atoms with van der Waals surface area (Å²) >= 11 is 1.74. The van der Waals surface area contributed by atoms with E-state index in [1.165, 1.54) is 12.8 Å². The highest BCUT2D eigenvalue weighted by atomic mass is 32.2. The number of aromatic nitrogens is 5. The van der Waals surface area contributed by atoms with Crippen LogP contribution < -0.4 is 0 Å². The number of unbranched alkanes of at least 4 members (excludes halogenated alkanes) is 1. The van der Waals surface area contributed by atoms with Crippen LogP contribution in [0.15, 0.2) is 23.6 Å². The summed E-state index contributed by atoms with van der Waals surface area (Å²) in [6, 6.07) is 1.89. The van der Waals surface area contributed by atoms with Crippen LogP contribution in [0, 0.1) is 0 Å². The predicted molar refractivity (Wildman–Crippen MR) is 67.7 cm³/mol. The maximum absolute atomic E-state index is 4.19. The molecule has 90 valence electrons. The second-order valence-electron chi connectivity index (χ2n) is 3.70. The van der Waals surface area contributed by atoms with E-state index in [-0.39, 0.29) is 0 Å². The van der Waals surface area contributed by atoms with Crippen molar-refractivity contribution in [2.75, 3.05) is 5.75 Å². The molecule has 2 aromatic heterocycles. The van der Waals surface area contributed by atoms with Gasteiger partial charge in [0.2, 0.25) is 0 Å². The van der Waals surface area contributed by atoms with E-state index in [0.29, 0.717) is 0 Å². The summed E-state index contributed by atoms with van der Waals surface area (Å²) in [7, 11) is 1.98. The van der Waals surface area contributed by atoms with E-state index in [0.717, 1.165) is 22.3 Å². The van der Waals surface area contributed by atoms with Crippen LogP contribution in [0.4, 0.5) is 0 Å². The van der Waals surface area contributed by atoms with Crippen LogP contribution >= 0.6 is 11.8 Å². The fourth-order valence-corrected chi connectivity index (χ4v) is 2.42. The summed E-state index contributed by atoms with van der Waals surface area (Å²) in [5.41, 5.74) is 0.942. The Morgan fingerprint density at radius 1 is 1.29 bits per heavy atom. The second kappa shape index (κ2) is 5.77. The molecule has 0 fully saturated rings. The van der Waals surface area contributed by atoms with Crippen LogP contribution in [0.5, 0.6) is 0 Å². The van der Waals surface area contributed by atoms with Gasteiger partial charge in [0, 0.05) is 18.4 Å². The molecule has 0 saturated heterocycles. The van der Waals surface area contributed by atoms with E-state index >= 15 is 0 Å². The Morgan fingerprint density at radius 3 is 2.88 bits per heavy atom. The third-order valence-electron chi connectivity index (χ3n) is 2.41. The Kier molecular flexibility index (Phi) is 4.08. The van der Waals surface area contributed by atoms with Crippen molar-refractivity contribution in [1.82, 2.24) is 25.0 Å². The molecule has 17 heavy (non-hydrogen) atoms. The van der Waals surface area contributed by atoms with Gasteiger partial charge in [-0.15, -0.1) is 10.2 Å². The number of rotatable bonds is 5. The summed E-state index contributed by atoms with van der Waals surface area (Å²) in [6.45, 7) is 2.19. The lowest BCUT2D eigenvalue weighted by atomic mass is 10.3. The maximum atomic E-state index is 4.19. The molecule has 0 aliphatic carbocycles. The first-order valence-corrected chi connectivity index (χ1v) is 6.60. The zero-order chi connectivity index (χ0) is 12.1. The van der Waals surface area contributed by atoms with Gasteiger partial charge >= 0.3 is 0 Å². The number of hydrogen-bond donors (Lipinski definition) is 0. The van der Waals surface area contributed by atoms with Crippen molar-refractivity contribution in [3.8, 4) is 11.4 Å². The minimum atomic E-state index is 0.832. The van der Waals surface area contributed by atoms with Crippen LogP contribution in [0.1, 0.15) is 19.8 Å². The lowest BCUT2D eigenvalue weighted by molar-refractivity contribution is 0.789. The first-order chi connectivity index (χ1) is 8.33. The van der Waals surface area contributed by atoms with Gasteiger partial charge in [0.05, 0.1) is 12.4 Å². The number of hydrogen-bond acceptors (Lipinski definition) is 5. The monoisotopic (exact) mass is 249 g/mol. The van der Waals surface area contributed by atoms with E-state index < -0.39 is 0 Å². The Morgan fingerprint density at radius 2 is 2.18 bits per heavy atom. The maximum Gasteiger partial charge on any atom is 0.191 e. The van der Waals surface area contributed by atoms with Gasteiger partial charge in [-0.1, -0.05) is 25.1 Å². The van der Waals surface area contributed by atoms with Crippen molar-refractivity contribution in [1.29, 1.82) is 0 Å². The molecule has 0 spiro atoms. The van der Waals surface area contributed by atoms with E-state index in [1.807, 2.05) is 17.7 Å². The summed E-state index contributed by atoms with van der Waals surface area (Å²) < 4.78 is 2.00. The highest BCUT2D eigenvalue weighted by Gasteiger charge is 2.10. The molecule has 0 atom stereocenters. The lowest BCUT2D eigenvalue weighted by Crippen LogP contribution is -1.96. The molecule has 0 amide bonds. The second-order valence-corrected chi connectivity index (χ2v) is 4.76. The summed E-state index contributed by atoms with van der Waals surface area (Å²) in [5, 5.41) is 16.9. The predicted octanol–water partition coefficient (Wildman–Crippen LogP) is 2.16. The zero-order valence-corrected chi connectivity index (χ0v) is 10.8. The van der Waals surface area contributed by atoms with Gasteiger partial charge in [-0.3, -0.25) is 0 Å². The van der Waals surface area contributed by atoms with Gasteiger partial charge in [-0.25, -0.2) is 0 Å². The standard InChI is InChI=1S/C11H15N5S/c1-3-4-7-17-11-15-14-10(16(11)2)9-5-6-12-13-8-9/h5-6,8H,3-4,7H2,1-2H3. The van der Waals surface area contributed by atoms with E-state index in [1.54, 1.807) is 24.2 Å². The fraction of sp³-hybridized carbons (Fsp3) is 0.455. The third kappa shape index (κ3) is 2.82. The molecule has 2 heterocycles. The topological polar surface area (TPSA) is 56.5 Å². The zero-order valence-electron chi connectivity index (χ0n) is 10.00. The van der Waals surface area contributed by atoms with Gasteiger partial charge in [-0.2, -0.15) is 10.2 Å². The minimum Gasteiger partial charge on any atom is -0.305 e. The van der Waals surface area contributed by atoms with Crippen LogP contribution in [0.3, 0.4) is 0 Å². The first-order valence-electron chi connectivity index (χ1n) is 5.62. The Bertz CT molecular complexity index is 468. The SMILES string of the molecule is CCCCSc1nnc(-c2ccnnc2)n1C. The van der Waals surface area contributed by atoms with Crippen molar-refractivity contribution in [2.24, 2.45) is 7.05 Å². The van der Waals surface area contributed by atoms with Gasteiger partial charge in [0.1, 0.15) is 0 Å². The Balaban J connectivity index is 2.15. The van der Waals surface area contributed by atoms with E-state index in [2.05, 4.69) is 27.3 Å². The molecular formula is C11H15N5S. The average molecular weight is 249 g/mol. The lowest BCUT2D eigenvalue weighted by Gasteiger charge is -2.02. The largest absolute Gasteiger partial charge is 0.305 e. The summed E-state index contributed by atoms with van der Waals surface area (Å²) in [5.74, 6) is 1.91. The molecule has 0 bridgehead atoms. The molecule has 0 unspecified atom stereocenters. The van der Waals surface area contributed by atoms with E-state index in [9.17, 15) is 0 Å². The molecular weight excluding hydrogens is 234 g/mol. The van der Waals surface area contributed by atoms with Crippen LogP contribution in [-0.2, 0) is 7.05 Å². The summed E-state index contributed by atoms with van der Waals surface area (Å²) in [4.78, 5) is 0. The average Bonchev–Trinajstić information content (AvgIpc) is 2.73. The molecule has 0 saturated carbocycles. The van der Waals surface area contributed by atoms with Gasteiger partial charge in [-0.05, 0) is 12.5 Å². The first kappa shape index (κ1) is 12.0. The molecule has 0 radical (unpaired) electrons. The Labute approximate surface area is 105 Å². The highest BCUT2D eigenvalue weighted by molar-refractivity contribution is 7.99. The van der Waals surface area contributed by atoms with Crippen molar-refractivity contribution < 1.29 is 0 Å². The quantitative estimate of drug-likeness (QED) is 0.600. The van der Waals surface area contributed by atoms with Crippen molar-refractivity contribution in [3.63, 3.8) is 0 Å². The van der Waals surface area contributed by atoms with Gasteiger partial charge < -0.3 is 4.57 Å². The molecule has 0 N–H and O–H groups in total. The van der Waals surface area contributed by atoms with E-state index in [4.69, 9.17) is 0 Å². The molecule has 5 nitrogen and oxygen atoms in total. The van der Waals surface area contributed by atoms with Crippen molar-refractivity contribution in [3.05, 3.63) is 18.5 Å².